The second kappa shape index (κ2) is 5.96. The highest BCUT2D eigenvalue weighted by Crippen LogP contribution is 2.34. The van der Waals surface area contributed by atoms with Crippen LogP contribution in [-0.4, -0.2) is 29.9 Å². The molecule has 0 amide bonds. The summed E-state index contributed by atoms with van der Waals surface area (Å²) in [5.74, 6) is -1.31. The Labute approximate surface area is 151 Å². The highest BCUT2D eigenvalue weighted by atomic mass is 32.2. The van der Waals surface area contributed by atoms with Crippen molar-refractivity contribution in [2.45, 2.75) is 4.34 Å². The van der Waals surface area contributed by atoms with Crippen LogP contribution in [0.5, 0.6) is 0 Å². The van der Waals surface area contributed by atoms with Gasteiger partial charge in [-0.15, -0.1) is 10.2 Å². The van der Waals surface area contributed by atoms with E-state index in [2.05, 4.69) is 15.2 Å². The highest BCUT2D eigenvalue weighted by Gasteiger charge is 2.17. The van der Waals surface area contributed by atoms with Crippen LogP contribution < -0.4 is 0 Å². The normalized spacial score (nSPS) is 12.0. The smallest absolute Gasteiger partial charge is 0.232 e. The third-order valence-corrected chi connectivity index (χ3v) is 6.51. The fourth-order valence-corrected chi connectivity index (χ4v) is 4.27. The monoisotopic (exact) mass is 391 g/mol. The van der Waals surface area contributed by atoms with Crippen LogP contribution in [0.25, 0.3) is 32.6 Å². The number of halogens is 2. The lowest BCUT2D eigenvalue weighted by molar-refractivity contribution is 0.585. The van der Waals surface area contributed by atoms with Crippen molar-refractivity contribution < 1.29 is 17.2 Å². The van der Waals surface area contributed by atoms with Crippen molar-refractivity contribution in [3.05, 3.63) is 54.2 Å². The molecule has 4 aromatic rings. The zero-order valence-electron chi connectivity index (χ0n) is 13.3. The average Bonchev–Trinajstić information content (AvgIpc) is 3.21. The Morgan fingerprint density at radius 2 is 1.85 bits per heavy atom. The molecule has 132 valence electrons. The SMILES string of the molecule is CS(=O)(=O)c1nnc(-c2ccc3[nH]cc(-c4ccc(F)cc4F)c3c2)s1. The largest absolute Gasteiger partial charge is 0.361 e. The summed E-state index contributed by atoms with van der Waals surface area (Å²) in [4.78, 5) is 3.05. The number of aromatic nitrogens is 3. The van der Waals surface area contributed by atoms with Crippen LogP contribution in [0.15, 0.2) is 46.9 Å². The van der Waals surface area contributed by atoms with Gasteiger partial charge in [-0.1, -0.05) is 11.3 Å². The summed E-state index contributed by atoms with van der Waals surface area (Å²) >= 11 is 0.967. The molecular formula is C17H11F2N3O2S2. The Balaban J connectivity index is 1.86. The Morgan fingerprint density at radius 3 is 2.54 bits per heavy atom. The van der Waals surface area contributed by atoms with Crippen molar-refractivity contribution in [2.75, 3.05) is 6.26 Å². The van der Waals surface area contributed by atoms with Crippen LogP contribution >= 0.6 is 11.3 Å². The lowest BCUT2D eigenvalue weighted by atomic mass is 10.0. The van der Waals surface area contributed by atoms with Crippen molar-refractivity contribution in [3.8, 4) is 21.7 Å². The molecule has 0 aliphatic rings. The van der Waals surface area contributed by atoms with Gasteiger partial charge in [0.05, 0.1) is 0 Å². The number of nitrogens with zero attached hydrogens (tertiary/aromatic N) is 2. The predicted molar refractivity (Wildman–Crippen MR) is 95.7 cm³/mol. The summed E-state index contributed by atoms with van der Waals surface area (Å²) in [6.45, 7) is 0. The molecular weight excluding hydrogens is 380 g/mol. The Morgan fingerprint density at radius 1 is 1.04 bits per heavy atom. The maximum atomic E-state index is 14.2. The quantitative estimate of drug-likeness (QED) is 0.572. The first-order valence-electron chi connectivity index (χ1n) is 7.43. The summed E-state index contributed by atoms with van der Waals surface area (Å²) in [6, 6.07) is 8.75. The predicted octanol–water partition coefficient (Wildman–Crippen LogP) is 4.04. The summed E-state index contributed by atoms with van der Waals surface area (Å²) < 4.78 is 50.4. The molecule has 26 heavy (non-hydrogen) atoms. The van der Waals surface area contributed by atoms with Gasteiger partial charge in [-0.2, -0.15) is 0 Å². The molecule has 2 heterocycles. The topological polar surface area (TPSA) is 75.7 Å². The summed E-state index contributed by atoms with van der Waals surface area (Å²) in [5, 5.41) is 8.79. The molecule has 2 aromatic heterocycles. The second-order valence-corrected chi connectivity index (χ2v) is 8.90. The second-order valence-electron chi connectivity index (χ2n) is 5.73. The van der Waals surface area contributed by atoms with Crippen LogP contribution in [0.2, 0.25) is 0 Å². The van der Waals surface area contributed by atoms with E-state index in [1.165, 1.54) is 12.1 Å². The molecule has 0 radical (unpaired) electrons. The Hall–Kier alpha value is -2.65. The van der Waals surface area contributed by atoms with Gasteiger partial charge < -0.3 is 4.98 Å². The van der Waals surface area contributed by atoms with Crippen molar-refractivity contribution in [1.29, 1.82) is 0 Å². The minimum absolute atomic E-state index is 0.0635. The molecule has 9 heteroatoms. The van der Waals surface area contributed by atoms with Gasteiger partial charge in [-0.3, -0.25) is 0 Å². The zero-order chi connectivity index (χ0) is 18.5. The van der Waals surface area contributed by atoms with Crippen molar-refractivity contribution in [3.63, 3.8) is 0 Å². The molecule has 0 aliphatic heterocycles. The number of sulfone groups is 1. The molecule has 0 saturated heterocycles. The number of aromatic amines is 1. The number of rotatable bonds is 3. The maximum absolute atomic E-state index is 14.2. The molecule has 0 aliphatic carbocycles. The van der Waals surface area contributed by atoms with E-state index in [0.29, 0.717) is 21.5 Å². The third kappa shape index (κ3) is 2.89. The average molecular weight is 391 g/mol. The molecule has 2 aromatic carbocycles. The van der Waals surface area contributed by atoms with Gasteiger partial charge in [0.2, 0.25) is 14.2 Å². The van der Waals surface area contributed by atoms with Crippen molar-refractivity contribution >= 4 is 32.1 Å². The Bertz CT molecular complexity index is 1250. The fourth-order valence-electron chi connectivity index (χ4n) is 2.66. The maximum Gasteiger partial charge on any atom is 0.232 e. The number of benzene rings is 2. The van der Waals surface area contributed by atoms with E-state index < -0.39 is 21.5 Å². The van der Waals surface area contributed by atoms with Crippen LogP contribution in [0.1, 0.15) is 0 Å². The molecule has 4 rings (SSSR count). The summed E-state index contributed by atoms with van der Waals surface area (Å²) in [6.07, 6.45) is 2.72. The van der Waals surface area contributed by atoms with Gasteiger partial charge in [0, 0.05) is 46.1 Å². The van der Waals surface area contributed by atoms with E-state index >= 15 is 0 Å². The van der Waals surface area contributed by atoms with Crippen molar-refractivity contribution in [1.82, 2.24) is 15.2 Å². The number of nitrogens with one attached hydrogen (secondary N) is 1. The first-order chi connectivity index (χ1) is 12.3. The molecule has 0 saturated carbocycles. The molecule has 1 N–H and O–H groups in total. The van der Waals surface area contributed by atoms with Gasteiger partial charge in [0.1, 0.15) is 16.6 Å². The number of fused-ring (bicyclic) bond motifs is 1. The highest BCUT2D eigenvalue weighted by molar-refractivity contribution is 7.92. The number of hydrogen-bond acceptors (Lipinski definition) is 5. The van der Waals surface area contributed by atoms with Gasteiger partial charge in [-0.25, -0.2) is 17.2 Å². The first kappa shape index (κ1) is 16.8. The Kier molecular flexibility index (Phi) is 3.85. The van der Waals surface area contributed by atoms with E-state index in [1.54, 1.807) is 24.4 Å². The van der Waals surface area contributed by atoms with Crippen LogP contribution in [0, 0.1) is 11.6 Å². The standard InChI is InChI=1S/C17H11F2N3O2S2/c1-26(23,24)17-22-21-16(25-17)9-2-5-15-12(6-9)13(8-20-15)11-4-3-10(18)7-14(11)19/h2-8,20H,1H3. The van der Waals surface area contributed by atoms with Crippen LogP contribution in [0.4, 0.5) is 8.78 Å². The third-order valence-electron chi connectivity index (χ3n) is 3.87. The van der Waals surface area contributed by atoms with Gasteiger partial charge in [0.25, 0.3) is 0 Å². The van der Waals surface area contributed by atoms with E-state index in [9.17, 15) is 17.2 Å². The molecule has 0 spiro atoms. The first-order valence-corrected chi connectivity index (χ1v) is 10.1. The lowest BCUT2D eigenvalue weighted by Crippen LogP contribution is -1.95. The molecule has 0 atom stereocenters. The van der Waals surface area contributed by atoms with E-state index in [1.807, 2.05) is 0 Å². The van der Waals surface area contributed by atoms with Gasteiger partial charge >= 0.3 is 0 Å². The minimum atomic E-state index is -3.43. The zero-order valence-corrected chi connectivity index (χ0v) is 15.0. The molecule has 0 fully saturated rings. The molecule has 0 bridgehead atoms. The molecule has 5 nitrogen and oxygen atoms in total. The van der Waals surface area contributed by atoms with Gasteiger partial charge in [-0.05, 0) is 30.3 Å². The lowest BCUT2D eigenvalue weighted by Gasteiger charge is -2.03. The van der Waals surface area contributed by atoms with E-state index in [4.69, 9.17) is 0 Å². The molecule has 0 unspecified atom stereocenters. The number of H-pyrrole nitrogens is 1. The number of hydrogen-bond donors (Lipinski definition) is 1. The fraction of sp³-hybridized carbons (Fsp3) is 0.0588. The summed E-state index contributed by atoms with van der Waals surface area (Å²) in [7, 11) is -3.43. The van der Waals surface area contributed by atoms with Crippen LogP contribution in [0.3, 0.4) is 0 Å². The summed E-state index contributed by atoms with van der Waals surface area (Å²) in [5.41, 5.74) is 2.27. The van der Waals surface area contributed by atoms with Crippen LogP contribution in [-0.2, 0) is 9.84 Å². The van der Waals surface area contributed by atoms with E-state index in [-0.39, 0.29) is 9.90 Å². The van der Waals surface area contributed by atoms with Crippen molar-refractivity contribution in [2.24, 2.45) is 0 Å². The van der Waals surface area contributed by atoms with E-state index in [0.717, 1.165) is 29.2 Å². The minimum Gasteiger partial charge on any atom is -0.361 e. The van der Waals surface area contributed by atoms with Gasteiger partial charge in [0.15, 0.2) is 0 Å².